The first-order chi connectivity index (χ1) is 8.52. The van der Waals surface area contributed by atoms with Crippen molar-refractivity contribution in [2.75, 3.05) is 24.2 Å². The summed E-state index contributed by atoms with van der Waals surface area (Å²) in [5, 5.41) is 30.5. The molecule has 1 aliphatic heterocycles. The highest BCUT2D eigenvalue weighted by Gasteiger charge is 2.25. The van der Waals surface area contributed by atoms with Crippen molar-refractivity contribution in [3.05, 3.63) is 10.4 Å². The first-order valence-electron chi connectivity index (χ1n) is 5.21. The molecule has 1 aromatic heterocycles. The van der Waals surface area contributed by atoms with Crippen molar-refractivity contribution >= 4 is 23.2 Å². The third-order valence-corrected chi connectivity index (χ3v) is 2.50. The summed E-state index contributed by atoms with van der Waals surface area (Å²) in [6.45, 7) is -0.509. The van der Waals surface area contributed by atoms with Crippen LogP contribution >= 0.6 is 0 Å². The number of H-pyrrole nitrogens is 1. The minimum atomic E-state index is -1.35. The van der Waals surface area contributed by atoms with Gasteiger partial charge in [0.2, 0.25) is 5.95 Å². The lowest BCUT2D eigenvalue weighted by Crippen LogP contribution is -2.41. The van der Waals surface area contributed by atoms with Gasteiger partial charge >= 0.3 is 0 Å². The summed E-state index contributed by atoms with van der Waals surface area (Å²) in [5.41, 5.74) is 4.94. The van der Waals surface area contributed by atoms with Gasteiger partial charge in [-0.1, -0.05) is 0 Å². The lowest BCUT2D eigenvalue weighted by molar-refractivity contribution is 0.0180. The van der Waals surface area contributed by atoms with Gasteiger partial charge in [-0.05, 0) is 0 Å². The summed E-state index contributed by atoms with van der Waals surface area (Å²) in [6, 6.07) is 0. The molecule has 0 aliphatic carbocycles. The number of hydrogen-bond acceptors (Lipinski definition) is 8. The molecule has 1 aromatic rings. The normalized spacial score (nSPS) is 17.4. The van der Waals surface area contributed by atoms with Gasteiger partial charge in [0.05, 0.1) is 18.9 Å². The van der Waals surface area contributed by atoms with Crippen molar-refractivity contribution in [2.45, 2.75) is 12.2 Å². The second-order valence-corrected chi connectivity index (χ2v) is 3.80. The highest BCUT2D eigenvalue weighted by atomic mass is 16.5. The van der Waals surface area contributed by atoms with Crippen molar-refractivity contribution in [1.29, 1.82) is 0 Å². The Hall–Kier alpha value is -1.97. The number of nitrogen functional groups attached to an aromatic ring is 1. The van der Waals surface area contributed by atoms with Crippen LogP contribution in [0.5, 0.6) is 0 Å². The summed E-state index contributed by atoms with van der Waals surface area (Å²) in [5.74, 6) is 0.173. The van der Waals surface area contributed by atoms with Gasteiger partial charge in [0, 0.05) is 0 Å². The molecule has 0 unspecified atom stereocenters. The van der Waals surface area contributed by atoms with Gasteiger partial charge < -0.3 is 26.4 Å². The van der Waals surface area contributed by atoms with Gasteiger partial charge in [-0.25, -0.2) is 4.99 Å². The van der Waals surface area contributed by atoms with E-state index in [2.05, 4.69) is 20.3 Å². The van der Waals surface area contributed by atoms with Crippen LogP contribution in [0.15, 0.2) is 9.79 Å². The number of nitrogens with two attached hydrogens (primary N) is 1. The Morgan fingerprint density at radius 2 is 2.17 bits per heavy atom. The maximum Gasteiger partial charge on any atom is 0.280 e. The highest BCUT2D eigenvalue weighted by Crippen LogP contribution is 2.22. The molecule has 0 bridgehead atoms. The lowest BCUT2D eigenvalue weighted by atomic mass is 10.4. The van der Waals surface area contributed by atoms with E-state index in [1.807, 2.05) is 0 Å². The molecule has 0 spiro atoms. The minimum Gasteiger partial charge on any atom is -0.394 e. The fraction of sp³-hybridized carbons (Fsp3) is 0.444. The van der Waals surface area contributed by atoms with Gasteiger partial charge in [0.15, 0.2) is 11.5 Å². The first-order valence-corrected chi connectivity index (χ1v) is 5.21. The van der Waals surface area contributed by atoms with E-state index in [4.69, 9.17) is 10.8 Å². The van der Waals surface area contributed by atoms with Crippen molar-refractivity contribution in [3.63, 3.8) is 0 Å². The topological polar surface area (TPSA) is 157 Å². The van der Waals surface area contributed by atoms with Crippen molar-refractivity contribution < 1.29 is 15.3 Å². The van der Waals surface area contributed by atoms with Crippen molar-refractivity contribution in [3.8, 4) is 0 Å². The monoisotopic (exact) mass is 260 g/mol. The van der Waals surface area contributed by atoms with Crippen LogP contribution in [0.1, 0.15) is 0 Å². The number of aromatic amines is 1. The third-order valence-electron chi connectivity index (χ3n) is 2.50. The molecule has 7 N–H and O–H groups in total. The minimum absolute atomic E-state index is 0.0189. The van der Waals surface area contributed by atoms with E-state index in [0.29, 0.717) is 0 Å². The standard InChI is InChI=1S/C9H13N5O4/c10-9-13-7-5(8(18)14-9)12-3(1-11-7)6(17)4(16)2-15/h4,6,15-17H,1-2H2,(H4,10,11,13,14,18)/t4-,6+/m0/s1/i1+1,2+1,3+1,4+1,6+1. The van der Waals surface area contributed by atoms with Gasteiger partial charge in [-0.15, -0.1) is 0 Å². The largest absolute Gasteiger partial charge is 0.394 e. The molecule has 9 nitrogen and oxygen atoms in total. The molecule has 98 valence electrons. The molecule has 2 rings (SSSR count). The van der Waals surface area contributed by atoms with Crippen LogP contribution in [-0.2, 0) is 0 Å². The molecule has 0 radical (unpaired) electrons. The van der Waals surface area contributed by atoms with E-state index in [1.165, 1.54) is 0 Å². The van der Waals surface area contributed by atoms with Gasteiger partial charge in [-0.3, -0.25) is 9.78 Å². The number of aliphatic imine (C=N–C) groups is 1. The quantitative estimate of drug-likeness (QED) is 0.330. The predicted octanol–water partition coefficient (Wildman–Crippen LogP) is -2.44. The van der Waals surface area contributed by atoms with E-state index in [-0.39, 0.29) is 29.7 Å². The number of aromatic nitrogens is 2. The van der Waals surface area contributed by atoms with Crippen LogP contribution in [0.4, 0.5) is 17.5 Å². The smallest absolute Gasteiger partial charge is 0.280 e. The fourth-order valence-corrected chi connectivity index (χ4v) is 1.56. The van der Waals surface area contributed by atoms with E-state index in [0.717, 1.165) is 0 Å². The number of rotatable bonds is 3. The van der Waals surface area contributed by atoms with E-state index < -0.39 is 24.4 Å². The molecule has 2 atom stereocenters. The van der Waals surface area contributed by atoms with E-state index >= 15 is 0 Å². The summed E-state index contributed by atoms with van der Waals surface area (Å²) >= 11 is 0. The highest BCUT2D eigenvalue weighted by molar-refractivity contribution is 5.97. The molecule has 0 amide bonds. The second-order valence-electron chi connectivity index (χ2n) is 3.80. The Morgan fingerprint density at radius 3 is 2.83 bits per heavy atom. The average molecular weight is 260 g/mol. The Bertz CT molecular complexity index is 540. The molecular formula is C9H13N5O4. The Kier molecular flexibility index (Phi) is 3.28. The predicted molar refractivity (Wildman–Crippen MR) is 64.0 cm³/mol. The van der Waals surface area contributed by atoms with Crippen molar-refractivity contribution in [1.82, 2.24) is 9.97 Å². The maximum atomic E-state index is 11.6. The summed E-state index contributed by atoms with van der Waals surface area (Å²) < 4.78 is 0. The Labute approximate surface area is 101 Å². The Balaban J connectivity index is 2.39. The molecule has 0 fully saturated rings. The zero-order valence-electron chi connectivity index (χ0n) is 9.29. The zero-order valence-corrected chi connectivity index (χ0v) is 9.29. The number of aliphatic hydroxyl groups excluding tert-OH is 3. The number of nitrogens with zero attached hydrogens (tertiary/aromatic N) is 2. The fourth-order valence-electron chi connectivity index (χ4n) is 1.56. The van der Waals surface area contributed by atoms with Crippen LogP contribution in [0, 0.1) is 0 Å². The van der Waals surface area contributed by atoms with Crippen molar-refractivity contribution in [2.24, 2.45) is 4.99 Å². The molecule has 0 aromatic carbocycles. The SMILES string of the molecule is Nc1nc2c(c(=O)[nH]1)N=[13C]([13C@@H](O)[13C@@H](O)[13CH2]O)[13CH2]N2. The molecule has 0 saturated heterocycles. The van der Waals surface area contributed by atoms with Gasteiger partial charge in [0.25, 0.3) is 5.56 Å². The summed E-state index contributed by atoms with van der Waals surface area (Å²) in [6.07, 6.45) is -2.71. The molecule has 2 heterocycles. The number of aliphatic hydroxyl groups is 3. The van der Waals surface area contributed by atoms with E-state index in [9.17, 15) is 15.0 Å². The molecular weight excluding hydrogens is 247 g/mol. The molecule has 0 saturated carbocycles. The lowest BCUT2D eigenvalue weighted by Gasteiger charge is -2.22. The Morgan fingerprint density at radius 1 is 1.44 bits per heavy atom. The van der Waals surface area contributed by atoms with Crippen LogP contribution in [0.3, 0.4) is 0 Å². The molecule has 1 aliphatic rings. The zero-order chi connectivity index (χ0) is 13.3. The van der Waals surface area contributed by atoms with Crippen LogP contribution < -0.4 is 16.6 Å². The molecule has 18 heavy (non-hydrogen) atoms. The number of fused-ring (bicyclic) bond motifs is 1. The summed E-state index contributed by atoms with van der Waals surface area (Å²) in [7, 11) is 0. The maximum absolute atomic E-state index is 11.6. The number of nitrogens with one attached hydrogen (secondary N) is 2. The van der Waals surface area contributed by atoms with Gasteiger partial charge in [0.1, 0.15) is 12.2 Å². The third kappa shape index (κ3) is 2.18. The van der Waals surface area contributed by atoms with E-state index in [1.54, 1.807) is 0 Å². The second kappa shape index (κ2) is 4.72. The molecule has 9 heteroatoms. The first kappa shape index (κ1) is 12.5. The van der Waals surface area contributed by atoms with Crippen LogP contribution in [-0.4, -0.2) is 56.4 Å². The number of anilines is 2. The number of hydrogen-bond donors (Lipinski definition) is 6. The summed E-state index contributed by atoms with van der Waals surface area (Å²) in [4.78, 5) is 21.6. The van der Waals surface area contributed by atoms with Crippen LogP contribution in [0.25, 0.3) is 0 Å². The van der Waals surface area contributed by atoms with Crippen LogP contribution in [0.2, 0.25) is 0 Å². The average Bonchev–Trinajstić information content (AvgIpc) is 2.36. The van der Waals surface area contributed by atoms with Gasteiger partial charge in [-0.2, -0.15) is 4.98 Å².